The van der Waals surface area contributed by atoms with Crippen LogP contribution in [0.25, 0.3) is 0 Å². The van der Waals surface area contributed by atoms with Crippen LogP contribution in [0.3, 0.4) is 0 Å². The van der Waals surface area contributed by atoms with E-state index >= 15 is 0 Å². The van der Waals surface area contributed by atoms with Gasteiger partial charge in [-0.05, 0) is 24.0 Å². The Balaban J connectivity index is 0.000000260. The van der Waals surface area contributed by atoms with Gasteiger partial charge in [0.05, 0.1) is 11.8 Å². The van der Waals surface area contributed by atoms with E-state index in [0.717, 1.165) is 24.0 Å². The largest absolute Gasteiger partial charge is 0.481 e. The highest BCUT2D eigenvalue weighted by Crippen LogP contribution is 2.21. The second-order valence-corrected chi connectivity index (χ2v) is 6.18. The maximum absolute atomic E-state index is 10.9. The molecule has 0 spiro atoms. The van der Waals surface area contributed by atoms with Crippen LogP contribution in [0, 0.1) is 0 Å². The van der Waals surface area contributed by atoms with Crippen LogP contribution in [0.1, 0.15) is 62.5 Å². The van der Waals surface area contributed by atoms with Crippen molar-refractivity contribution >= 4 is 11.9 Å². The summed E-state index contributed by atoms with van der Waals surface area (Å²) in [6, 6.07) is 18.8. The molecule has 0 bridgehead atoms. The zero-order valence-corrected chi connectivity index (χ0v) is 15.5. The van der Waals surface area contributed by atoms with Gasteiger partial charge in [0.25, 0.3) is 0 Å². The summed E-state index contributed by atoms with van der Waals surface area (Å²) in [6.07, 6.45) is 3.20. The van der Waals surface area contributed by atoms with E-state index < -0.39 is 11.9 Å². The van der Waals surface area contributed by atoms with Crippen LogP contribution in [0.4, 0.5) is 0 Å². The number of carboxylic acids is 2. The molecule has 0 saturated heterocycles. The first-order valence-corrected chi connectivity index (χ1v) is 9.06. The smallest absolute Gasteiger partial charge is 0.310 e. The van der Waals surface area contributed by atoms with Gasteiger partial charge in [0.15, 0.2) is 0 Å². The molecule has 0 heterocycles. The summed E-state index contributed by atoms with van der Waals surface area (Å²) < 4.78 is 0. The van der Waals surface area contributed by atoms with Gasteiger partial charge < -0.3 is 10.2 Å². The van der Waals surface area contributed by atoms with Crippen LogP contribution in [-0.2, 0) is 9.59 Å². The van der Waals surface area contributed by atoms with Crippen molar-refractivity contribution in [1.82, 2.24) is 0 Å². The molecule has 2 atom stereocenters. The van der Waals surface area contributed by atoms with E-state index in [-0.39, 0.29) is 11.8 Å². The van der Waals surface area contributed by atoms with Crippen LogP contribution in [0.5, 0.6) is 0 Å². The van der Waals surface area contributed by atoms with E-state index in [1.165, 1.54) is 0 Å². The highest BCUT2D eigenvalue weighted by Gasteiger charge is 2.18. The van der Waals surface area contributed by atoms with Gasteiger partial charge in [-0.1, -0.05) is 87.4 Å². The number of carbonyl (C=O) groups is 2. The van der Waals surface area contributed by atoms with Gasteiger partial charge >= 0.3 is 11.9 Å². The highest BCUT2D eigenvalue weighted by atomic mass is 16.4. The van der Waals surface area contributed by atoms with Crippen molar-refractivity contribution in [2.24, 2.45) is 0 Å². The summed E-state index contributed by atoms with van der Waals surface area (Å²) in [7, 11) is 0. The molecule has 2 N–H and O–H groups in total. The lowest BCUT2D eigenvalue weighted by atomic mass is 9.95. The number of carboxylic acid groups (broad SMARTS) is 2. The molecular formula is C22H28O4. The van der Waals surface area contributed by atoms with Crippen molar-refractivity contribution < 1.29 is 19.8 Å². The Morgan fingerprint density at radius 1 is 0.692 bits per heavy atom. The Hall–Kier alpha value is -2.62. The van der Waals surface area contributed by atoms with Crippen LogP contribution in [0.2, 0.25) is 0 Å². The van der Waals surface area contributed by atoms with E-state index in [1.807, 2.05) is 74.5 Å². The predicted molar refractivity (Wildman–Crippen MR) is 103 cm³/mol. The topological polar surface area (TPSA) is 74.6 Å². The van der Waals surface area contributed by atoms with Crippen molar-refractivity contribution in [3.05, 3.63) is 71.8 Å². The minimum absolute atomic E-state index is 0.341. The maximum Gasteiger partial charge on any atom is 0.310 e. The average Bonchev–Trinajstić information content (AvgIpc) is 2.65. The van der Waals surface area contributed by atoms with Crippen molar-refractivity contribution in [2.75, 3.05) is 0 Å². The molecule has 140 valence electrons. The van der Waals surface area contributed by atoms with E-state index in [1.54, 1.807) is 0 Å². The number of aliphatic carboxylic acids is 2. The molecule has 0 radical (unpaired) electrons. The molecule has 0 saturated carbocycles. The Kier molecular flexibility index (Phi) is 9.77. The maximum atomic E-state index is 10.9. The minimum atomic E-state index is -0.729. The summed E-state index contributed by atoms with van der Waals surface area (Å²) in [5.41, 5.74) is 1.80. The summed E-state index contributed by atoms with van der Waals surface area (Å²) in [6.45, 7) is 4.00. The average molecular weight is 356 g/mol. The van der Waals surface area contributed by atoms with E-state index in [4.69, 9.17) is 10.2 Å². The van der Waals surface area contributed by atoms with Crippen LogP contribution >= 0.6 is 0 Å². The monoisotopic (exact) mass is 356 g/mol. The molecule has 2 aromatic rings. The lowest BCUT2D eigenvalue weighted by molar-refractivity contribution is -0.140. The Bertz CT molecular complexity index is 593. The number of hydrogen-bond acceptors (Lipinski definition) is 2. The molecule has 0 amide bonds. The molecule has 0 fully saturated rings. The first-order valence-electron chi connectivity index (χ1n) is 9.06. The summed E-state index contributed by atoms with van der Waals surface area (Å²) >= 11 is 0. The zero-order chi connectivity index (χ0) is 19.4. The van der Waals surface area contributed by atoms with Crippen LogP contribution in [-0.4, -0.2) is 22.2 Å². The van der Waals surface area contributed by atoms with Gasteiger partial charge in [-0.15, -0.1) is 0 Å². The van der Waals surface area contributed by atoms with Gasteiger partial charge in [-0.25, -0.2) is 0 Å². The number of hydrogen-bond donors (Lipinski definition) is 2. The van der Waals surface area contributed by atoms with Crippen molar-refractivity contribution in [1.29, 1.82) is 0 Å². The fourth-order valence-corrected chi connectivity index (χ4v) is 2.81. The predicted octanol–water partition coefficient (Wildman–Crippen LogP) is 5.31. The van der Waals surface area contributed by atoms with Crippen molar-refractivity contribution in [3.63, 3.8) is 0 Å². The molecule has 0 aromatic heterocycles. The third-order valence-corrected chi connectivity index (χ3v) is 4.15. The van der Waals surface area contributed by atoms with Gasteiger partial charge in [0.2, 0.25) is 0 Å². The first-order chi connectivity index (χ1) is 12.5. The number of rotatable bonds is 8. The molecule has 4 heteroatoms. The lowest BCUT2D eigenvalue weighted by Crippen LogP contribution is -2.10. The Morgan fingerprint density at radius 3 is 1.23 bits per heavy atom. The Labute approximate surface area is 155 Å². The molecule has 4 nitrogen and oxygen atoms in total. The summed E-state index contributed by atoms with van der Waals surface area (Å²) in [5, 5.41) is 17.9. The van der Waals surface area contributed by atoms with Crippen molar-refractivity contribution in [2.45, 2.75) is 51.4 Å². The molecule has 0 aliphatic carbocycles. The van der Waals surface area contributed by atoms with Gasteiger partial charge in [0.1, 0.15) is 0 Å². The fraction of sp³-hybridized carbons (Fsp3) is 0.364. The highest BCUT2D eigenvalue weighted by molar-refractivity contribution is 5.76. The molecule has 26 heavy (non-hydrogen) atoms. The standard InChI is InChI=1S/2C11H14O2/c2*1-2-6-10(11(12)13)9-7-4-3-5-8-9/h2*3-5,7-8,10H,2,6H2,1H3,(H,12,13). The van der Waals surface area contributed by atoms with E-state index in [2.05, 4.69) is 0 Å². The Morgan fingerprint density at radius 2 is 1.00 bits per heavy atom. The first kappa shape index (κ1) is 21.4. The quantitative estimate of drug-likeness (QED) is 0.672. The molecular weight excluding hydrogens is 328 g/mol. The minimum Gasteiger partial charge on any atom is -0.481 e. The normalized spacial score (nSPS) is 12.4. The van der Waals surface area contributed by atoms with Crippen LogP contribution < -0.4 is 0 Å². The summed E-state index contributed by atoms with van der Waals surface area (Å²) in [5.74, 6) is -2.14. The SMILES string of the molecule is CCCC(C(=O)O)c1ccccc1.CCCC(C(=O)O)c1ccccc1. The molecule has 2 aromatic carbocycles. The second kappa shape index (κ2) is 11.9. The third-order valence-electron chi connectivity index (χ3n) is 4.15. The molecule has 0 aliphatic heterocycles. The van der Waals surface area contributed by atoms with Gasteiger partial charge in [-0.3, -0.25) is 9.59 Å². The fourth-order valence-electron chi connectivity index (χ4n) is 2.81. The lowest BCUT2D eigenvalue weighted by Gasteiger charge is -2.10. The van der Waals surface area contributed by atoms with E-state index in [9.17, 15) is 9.59 Å². The van der Waals surface area contributed by atoms with Crippen LogP contribution in [0.15, 0.2) is 60.7 Å². The van der Waals surface area contributed by atoms with Gasteiger partial charge in [-0.2, -0.15) is 0 Å². The zero-order valence-electron chi connectivity index (χ0n) is 15.5. The number of benzene rings is 2. The third kappa shape index (κ3) is 7.09. The molecule has 2 rings (SSSR count). The van der Waals surface area contributed by atoms with Crippen molar-refractivity contribution in [3.8, 4) is 0 Å². The van der Waals surface area contributed by atoms with Gasteiger partial charge in [0, 0.05) is 0 Å². The second-order valence-electron chi connectivity index (χ2n) is 6.18. The molecule has 2 unspecified atom stereocenters. The van der Waals surface area contributed by atoms with E-state index in [0.29, 0.717) is 12.8 Å². The summed E-state index contributed by atoms with van der Waals surface area (Å²) in [4.78, 5) is 21.8. The molecule has 0 aliphatic rings.